The molecule has 1 aromatic rings. The lowest BCUT2D eigenvalue weighted by Crippen LogP contribution is -2.39. The SMILES string of the molecule is CCNC(=NCC(O)c1ccc(F)cc1)NC1CC1C. The molecule has 0 saturated heterocycles. The first kappa shape index (κ1) is 14.8. The molecule has 1 aromatic carbocycles. The molecular weight excluding hydrogens is 257 g/mol. The number of aliphatic imine (C=N–C) groups is 1. The first-order valence-electron chi connectivity index (χ1n) is 7.08. The van der Waals surface area contributed by atoms with Gasteiger partial charge in [0, 0.05) is 12.6 Å². The zero-order chi connectivity index (χ0) is 14.5. The van der Waals surface area contributed by atoms with Crippen molar-refractivity contribution in [2.24, 2.45) is 10.9 Å². The minimum Gasteiger partial charge on any atom is -0.386 e. The minimum absolute atomic E-state index is 0.252. The van der Waals surface area contributed by atoms with Crippen LogP contribution >= 0.6 is 0 Å². The number of hydrogen-bond donors (Lipinski definition) is 3. The Morgan fingerprint density at radius 3 is 2.65 bits per heavy atom. The summed E-state index contributed by atoms with van der Waals surface area (Å²) in [6, 6.07) is 6.34. The summed E-state index contributed by atoms with van der Waals surface area (Å²) in [5.74, 6) is 1.10. The molecule has 1 aliphatic carbocycles. The maximum absolute atomic E-state index is 12.8. The van der Waals surface area contributed by atoms with Crippen LogP contribution in [0.15, 0.2) is 29.3 Å². The first-order valence-corrected chi connectivity index (χ1v) is 7.08. The Balaban J connectivity index is 1.91. The predicted octanol–water partition coefficient (Wildman–Crippen LogP) is 1.82. The van der Waals surface area contributed by atoms with Crippen LogP contribution in [0.4, 0.5) is 4.39 Å². The van der Waals surface area contributed by atoms with Crippen molar-refractivity contribution in [2.45, 2.75) is 32.4 Å². The summed E-state index contributed by atoms with van der Waals surface area (Å²) < 4.78 is 12.8. The topological polar surface area (TPSA) is 56.7 Å². The van der Waals surface area contributed by atoms with Gasteiger partial charge in [-0.15, -0.1) is 0 Å². The van der Waals surface area contributed by atoms with E-state index < -0.39 is 6.10 Å². The molecule has 3 unspecified atom stereocenters. The van der Waals surface area contributed by atoms with Crippen LogP contribution in [0, 0.1) is 11.7 Å². The van der Waals surface area contributed by atoms with E-state index in [1.807, 2.05) is 6.92 Å². The maximum Gasteiger partial charge on any atom is 0.191 e. The van der Waals surface area contributed by atoms with E-state index in [4.69, 9.17) is 0 Å². The van der Waals surface area contributed by atoms with E-state index in [0.717, 1.165) is 18.9 Å². The van der Waals surface area contributed by atoms with Crippen molar-refractivity contribution in [3.8, 4) is 0 Å². The summed E-state index contributed by atoms with van der Waals surface area (Å²) in [4.78, 5) is 4.38. The Bertz CT molecular complexity index is 461. The van der Waals surface area contributed by atoms with Crippen molar-refractivity contribution in [1.82, 2.24) is 10.6 Å². The first-order chi connectivity index (χ1) is 9.60. The monoisotopic (exact) mass is 279 g/mol. The normalized spacial score (nSPS) is 23.3. The zero-order valence-electron chi connectivity index (χ0n) is 11.9. The highest BCUT2D eigenvalue weighted by atomic mass is 19.1. The number of aliphatic hydroxyl groups excluding tert-OH is 1. The van der Waals surface area contributed by atoms with Gasteiger partial charge in [0.25, 0.3) is 0 Å². The van der Waals surface area contributed by atoms with Crippen LogP contribution in [0.5, 0.6) is 0 Å². The van der Waals surface area contributed by atoms with Gasteiger partial charge >= 0.3 is 0 Å². The summed E-state index contributed by atoms with van der Waals surface area (Å²) in [5, 5.41) is 16.5. The lowest BCUT2D eigenvalue weighted by molar-refractivity contribution is 0.187. The van der Waals surface area contributed by atoms with E-state index in [-0.39, 0.29) is 12.4 Å². The van der Waals surface area contributed by atoms with Gasteiger partial charge in [-0.05, 0) is 37.0 Å². The molecule has 5 heteroatoms. The van der Waals surface area contributed by atoms with Crippen LogP contribution in [-0.2, 0) is 0 Å². The van der Waals surface area contributed by atoms with Crippen LogP contribution in [0.25, 0.3) is 0 Å². The molecule has 1 aliphatic rings. The molecule has 1 saturated carbocycles. The van der Waals surface area contributed by atoms with E-state index in [1.54, 1.807) is 12.1 Å². The highest BCUT2D eigenvalue weighted by molar-refractivity contribution is 5.80. The number of nitrogens with zero attached hydrogens (tertiary/aromatic N) is 1. The van der Waals surface area contributed by atoms with Gasteiger partial charge < -0.3 is 15.7 Å². The molecule has 0 heterocycles. The van der Waals surface area contributed by atoms with E-state index in [0.29, 0.717) is 17.5 Å². The highest BCUT2D eigenvalue weighted by Crippen LogP contribution is 2.28. The molecule has 0 aromatic heterocycles. The second-order valence-corrected chi connectivity index (χ2v) is 5.25. The van der Waals surface area contributed by atoms with E-state index in [1.165, 1.54) is 12.1 Å². The third-order valence-electron chi connectivity index (χ3n) is 3.45. The number of aliphatic hydroxyl groups is 1. The Labute approximate surface area is 119 Å². The van der Waals surface area contributed by atoms with Crippen LogP contribution < -0.4 is 10.6 Å². The Morgan fingerprint density at radius 1 is 1.45 bits per heavy atom. The van der Waals surface area contributed by atoms with Gasteiger partial charge in [-0.2, -0.15) is 0 Å². The summed E-state index contributed by atoms with van der Waals surface area (Å²) in [5.41, 5.74) is 0.672. The van der Waals surface area contributed by atoms with Crippen LogP contribution in [-0.4, -0.2) is 30.2 Å². The summed E-state index contributed by atoms with van der Waals surface area (Å²) >= 11 is 0. The van der Waals surface area contributed by atoms with E-state index in [2.05, 4.69) is 22.5 Å². The molecule has 4 nitrogen and oxygen atoms in total. The Hall–Kier alpha value is -1.62. The lowest BCUT2D eigenvalue weighted by atomic mass is 10.1. The van der Waals surface area contributed by atoms with Gasteiger partial charge in [-0.25, -0.2) is 4.39 Å². The average molecular weight is 279 g/mol. The molecule has 0 spiro atoms. The number of halogens is 1. The Kier molecular flexibility index (Phi) is 4.95. The minimum atomic E-state index is -0.720. The molecule has 1 fully saturated rings. The van der Waals surface area contributed by atoms with Crippen molar-refractivity contribution in [3.63, 3.8) is 0 Å². The molecule has 0 amide bonds. The van der Waals surface area contributed by atoms with Gasteiger partial charge in [0.05, 0.1) is 12.6 Å². The van der Waals surface area contributed by atoms with Crippen molar-refractivity contribution < 1.29 is 9.50 Å². The molecule has 2 rings (SSSR count). The number of hydrogen-bond acceptors (Lipinski definition) is 2. The molecule has 110 valence electrons. The predicted molar refractivity (Wildman–Crippen MR) is 78.0 cm³/mol. The van der Waals surface area contributed by atoms with Crippen molar-refractivity contribution >= 4 is 5.96 Å². The third-order valence-corrected chi connectivity index (χ3v) is 3.45. The molecule has 3 atom stereocenters. The quantitative estimate of drug-likeness (QED) is 0.569. The maximum atomic E-state index is 12.8. The van der Waals surface area contributed by atoms with Crippen LogP contribution in [0.3, 0.4) is 0 Å². The summed E-state index contributed by atoms with van der Waals surface area (Å²) in [7, 11) is 0. The van der Waals surface area contributed by atoms with Gasteiger partial charge in [-0.3, -0.25) is 4.99 Å². The smallest absolute Gasteiger partial charge is 0.191 e. The van der Waals surface area contributed by atoms with Crippen molar-refractivity contribution in [2.75, 3.05) is 13.1 Å². The highest BCUT2D eigenvalue weighted by Gasteiger charge is 2.33. The standard InChI is InChI=1S/C15H22FN3O/c1-3-17-15(19-13-8-10(13)2)18-9-14(20)11-4-6-12(16)7-5-11/h4-7,10,13-14,20H,3,8-9H2,1-2H3,(H2,17,18,19). The third kappa shape index (κ3) is 4.20. The molecule has 3 N–H and O–H groups in total. The zero-order valence-corrected chi connectivity index (χ0v) is 11.9. The van der Waals surface area contributed by atoms with E-state index in [9.17, 15) is 9.50 Å². The average Bonchev–Trinajstić information content (AvgIpc) is 3.12. The second kappa shape index (κ2) is 6.70. The second-order valence-electron chi connectivity index (χ2n) is 5.25. The number of nitrogens with one attached hydrogen (secondary N) is 2. The van der Waals surface area contributed by atoms with Crippen LogP contribution in [0.2, 0.25) is 0 Å². The molecule has 0 bridgehead atoms. The van der Waals surface area contributed by atoms with Crippen molar-refractivity contribution in [1.29, 1.82) is 0 Å². The molecule has 20 heavy (non-hydrogen) atoms. The fraction of sp³-hybridized carbons (Fsp3) is 0.533. The Morgan fingerprint density at radius 2 is 2.10 bits per heavy atom. The fourth-order valence-electron chi connectivity index (χ4n) is 1.99. The summed E-state index contributed by atoms with van der Waals surface area (Å²) in [6.07, 6.45) is 0.438. The van der Waals surface area contributed by atoms with Gasteiger partial charge in [0.15, 0.2) is 5.96 Å². The number of rotatable bonds is 5. The number of guanidine groups is 1. The van der Waals surface area contributed by atoms with Crippen LogP contribution in [0.1, 0.15) is 31.9 Å². The summed E-state index contributed by atoms with van der Waals surface area (Å²) in [6.45, 7) is 5.22. The van der Waals surface area contributed by atoms with Gasteiger partial charge in [0.2, 0.25) is 0 Å². The van der Waals surface area contributed by atoms with E-state index >= 15 is 0 Å². The molecular formula is C15H22FN3O. The fourth-order valence-corrected chi connectivity index (χ4v) is 1.99. The molecule has 0 radical (unpaired) electrons. The lowest BCUT2D eigenvalue weighted by Gasteiger charge is -2.13. The van der Waals surface area contributed by atoms with Gasteiger partial charge in [0.1, 0.15) is 5.82 Å². The molecule has 0 aliphatic heterocycles. The van der Waals surface area contributed by atoms with Crippen molar-refractivity contribution in [3.05, 3.63) is 35.6 Å². The largest absolute Gasteiger partial charge is 0.386 e. The number of benzene rings is 1. The van der Waals surface area contributed by atoms with Gasteiger partial charge in [-0.1, -0.05) is 19.1 Å².